The number of likely N-dealkylation sites (tertiary alicyclic amines) is 1. The standard InChI is InChI=1S/C49H67N7O8S/c1-27-12-17-35-36(48(35,8)9)19-28(2)44(60)49(63)21-29(3)40(59)39(49)41(27)64-25-33-23-55(54-53-33)18-10-11-38(58)52-43(47(5,6)7)46(62)56-24-34(57)20-37(56)45(61)50-22-31-13-15-32(16-14-31)42-30(4)51-26-65-42/h13-16,19,23,26,29,34-37,39-41,43,57,59,63H,1,10-12,17-18,20-22,24-25H2,2-9H3,(H,50,61)(H,52,58)/b28-19+/t29-,34+,35-,36+,37-,39+,40-,41-,43+,49+/m0/s1. The molecule has 3 amide bonds. The number of ether oxygens (including phenoxy) is 1. The Morgan fingerprint density at radius 2 is 1.85 bits per heavy atom. The van der Waals surface area contributed by atoms with Crippen molar-refractivity contribution in [3.05, 3.63) is 76.7 Å². The van der Waals surface area contributed by atoms with Gasteiger partial charge in [0.15, 0.2) is 5.78 Å². The molecular formula is C49H67N7O8S. The Kier molecular flexibility index (Phi) is 14.1. The number of thiazole rings is 1. The number of nitrogens with zero attached hydrogens (tertiary/aromatic N) is 5. The molecule has 1 aromatic carbocycles. The predicted octanol–water partition coefficient (Wildman–Crippen LogP) is 5.07. The van der Waals surface area contributed by atoms with E-state index in [1.165, 1.54) is 4.90 Å². The van der Waals surface area contributed by atoms with Gasteiger partial charge < -0.3 is 35.6 Å². The van der Waals surface area contributed by atoms with Crippen molar-refractivity contribution in [2.75, 3.05) is 6.54 Å². The first-order valence-electron chi connectivity index (χ1n) is 23.0. The molecule has 0 unspecified atom stereocenters. The van der Waals surface area contributed by atoms with E-state index in [0.717, 1.165) is 33.7 Å². The fourth-order valence-electron chi connectivity index (χ4n) is 10.5. The van der Waals surface area contributed by atoms with Crippen molar-refractivity contribution < 1.29 is 39.2 Å². The van der Waals surface area contributed by atoms with Crippen LogP contribution in [0, 0.1) is 41.4 Å². The third-order valence-electron chi connectivity index (χ3n) is 14.5. The minimum atomic E-state index is -1.82. The molecule has 0 spiro atoms. The van der Waals surface area contributed by atoms with Gasteiger partial charge in [-0.3, -0.25) is 23.9 Å². The lowest BCUT2D eigenvalue weighted by atomic mass is 9.77. The van der Waals surface area contributed by atoms with Crippen molar-refractivity contribution in [3.8, 4) is 10.4 Å². The number of Topliss-reactive ketones (excluding diaryl/α,β-unsaturated/α-hetero) is 1. The molecule has 10 atom stereocenters. The number of aliphatic hydroxyl groups excluding tert-OH is 2. The van der Waals surface area contributed by atoms with Gasteiger partial charge in [0.1, 0.15) is 23.4 Å². The van der Waals surface area contributed by atoms with Crippen LogP contribution in [0.25, 0.3) is 10.4 Å². The maximum atomic E-state index is 14.1. The molecule has 65 heavy (non-hydrogen) atoms. The number of amides is 3. The van der Waals surface area contributed by atoms with Crippen molar-refractivity contribution in [3.63, 3.8) is 0 Å². The van der Waals surface area contributed by atoms with Crippen LogP contribution >= 0.6 is 11.3 Å². The van der Waals surface area contributed by atoms with E-state index in [0.29, 0.717) is 36.6 Å². The van der Waals surface area contributed by atoms with E-state index in [4.69, 9.17) is 4.74 Å². The average molecular weight is 914 g/mol. The first-order valence-corrected chi connectivity index (χ1v) is 23.8. The minimum Gasteiger partial charge on any atom is -0.392 e. The van der Waals surface area contributed by atoms with Crippen LogP contribution in [-0.4, -0.2) is 106 Å². The molecule has 352 valence electrons. The maximum Gasteiger partial charge on any atom is 0.246 e. The molecule has 1 aliphatic heterocycles. The fraction of sp³-hybridized carbons (Fsp3) is 0.612. The summed E-state index contributed by atoms with van der Waals surface area (Å²) in [6.45, 7) is 20.4. The Hall–Kier alpha value is -4.61. The molecule has 1 saturated heterocycles. The Morgan fingerprint density at radius 1 is 1.12 bits per heavy atom. The summed E-state index contributed by atoms with van der Waals surface area (Å²) in [6.07, 6.45) is 3.20. The average Bonchev–Trinajstić information content (AvgIpc) is 3.86. The maximum absolute atomic E-state index is 14.1. The summed E-state index contributed by atoms with van der Waals surface area (Å²) >= 11 is 1.57. The van der Waals surface area contributed by atoms with Gasteiger partial charge in [0, 0.05) is 32.5 Å². The number of nitrogens with one attached hydrogen (secondary N) is 2. The van der Waals surface area contributed by atoms with Crippen LogP contribution < -0.4 is 10.6 Å². The summed E-state index contributed by atoms with van der Waals surface area (Å²) in [5.74, 6) is -2.18. The first-order chi connectivity index (χ1) is 30.6. The monoisotopic (exact) mass is 913 g/mol. The Balaban J connectivity index is 0.928. The van der Waals surface area contributed by atoms with Crippen LogP contribution in [-0.2, 0) is 43.6 Å². The van der Waals surface area contributed by atoms with Crippen molar-refractivity contribution in [2.24, 2.45) is 34.5 Å². The van der Waals surface area contributed by atoms with Crippen molar-refractivity contribution >= 4 is 34.8 Å². The molecule has 5 N–H and O–H groups in total. The lowest BCUT2D eigenvalue weighted by molar-refractivity contribution is -0.148. The lowest BCUT2D eigenvalue weighted by Crippen LogP contribution is -2.57. The summed E-state index contributed by atoms with van der Waals surface area (Å²) in [6, 6.07) is 6.01. The topological polar surface area (TPSA) is 209 Å². The molecule has 16 heteroatoms. The van der Waals surface area contributed by atoms with Gasteiger partial charge in [-0.1, -0.05) is 83.7 Å². The van der Waals surface area contributed by atoms with Crippen LogP contribution in [0.15, 0.2) is 59.8 Å². The van der Waals surface area contributed by atoms with Crippen LogP contribution in [0.5, 0.6) is 0 Å². The molecule has 2 aromatic heterocycles. The molecule has 0 bridgehead atoms. The molecule has 3 aliphatic carbocycles. The zero-order valence-electron chi connectivity index (χ0n) is 39.0. The SMILES string of the molecule is C=C1CC[C@H]2[C@@H](/C=C(\C)C(=O)[C@@]3(O)C[C@H](C)[C@H](O)[C@@H]3[C@H]1OCc1cn(CCCC(=O)N[C@H](C(=O)N3C[C@H](O)C[C@H]3C(=O)NCc3ccc(-c4scnc4C)cc3)C(C)(C)C)nn1)C2(C)C. The van der Waals surface area contributed by atoms with E-state index in [9.17, 15) is 34.5 Å². The van der Waals surface area contributed by atoms with Crippen LogP contribution in [0.4, 0.5) is 0 Å². The smallest absolute Gasteiger partial charge is 0.246 e. The van der Waals surface area contributed by atoms with Gasteiger partial charge in [-0.25, -0.2) is 4.98 Å². The summed E-state index contributed by atoms with van der Waals surface area (Å²) in [5.41, 5.74) is 3.94. The van der Waals surface area contributed by atoms with E-state index in [2.05, 4.69) is 46.4 Å². The van der Waals surface area contributed by atoms with E-state index < -0.39 is 53.2 Å². The molecule has 0 radical (unpaired) electrons. The quantitative estimate of drug-likeness (QED) is 0.143. The summed E-state index contributed by atoms with van der Waals surface area (Å²) in [5, 5.41) is 48.6. The number of fused-ring (bicyclic) bond motifs is 2. The van der Waals surface area contributed by atoms with Gasteiger partial charge in [-0.05, 0) is 90.4 Å². The second-order valence-corrected chi connectivity index (χ2v) is 21.6. The summed E-state index contributed by atoms with van der Waals surface area (Å²) < 4.78 is 8.07. The van der Waals surface area contributed by atoms with E-state index in [1.54, 1.807) is 29.1 Å². The molecule has 2 saturated carbocycles. The van der Waals surface area contributed by atoms with Gasteiger partial charge in [0.25, 0.3) is 0 Å². The second-order valence-electron chi connectivity index (χ2n) is 20.7. The zero-order valence-corrected chi connectivity index (χ0v) is 39.9. The number of allylic oxidation sites excluding steroid dienone is 1. The fourth-order valence-corrected chi connectivity index (χ4v) is 11.3. The van der Waals surface area contributed by atoms with Crippen molar-refractivity contribution in [1.29, 1.82) is 0 Å². The Labute approximate surface area is 386 Å². The highest BCUT2D eigenvalue weighted by Crippen LogP contribution is 2.62. The number of carbonyl (C=O) groups is 4. The Bertz CT molecular complexity index is 2300. The number of hydrogen-bond donors (Lipinski definition) is 5. The number of rotatable bonds is 13. The minimum absolute atomic E-state index is 0.00108. The third kappa shape index (κ3) is 10.2. The number of benzene rings is 1. The molecular weight excluding hydrogens is 847 g/mol. The summed E-state index contributed by atoms with van der Waals surface area (Å²) in [4.78, 5) is 61.8. The molecule has 4 aliphatic rings. The number of aryl methyl sites for hydroxylation is 2. The number of aliphatic hydroxyl groups is 3. The zero-order chi connectivity index (χ0) is 47.2. The normalized spacial score (nSPS) is 30.1. The number of hydrogen-bond acceptors (Lipinski definition) is 12. The van der Waals surface area contributed by atoms with E-state index in [-0.39, 0.29) is 73.8 Å². The number of ketones is 1. The van der Waals surface area contributed by atoms with Crippen LogP contribution in [0.3, 0.4) is 0 Å². The summed E-state index contributed by atoms with van der Waals surface area (Å²) in [7, 11) is 0. The third-order valence-corrected chi connectivity index (χ3v) is 15.4. The Morgan fingerprint density at radius 3 is 2.52 bits per heavy atom. The number of carbonyl (C=O) groups excluding carboxylic acids is 4. The molecule has 3 heterocycles. The van der Waals surface area contributed by atoms with E-state index in [1.807, 2.05) is 70.5 Å². The highest BCUT2D eigenvalue weighted by Gasteiger charge is 2.61. The lowest BCUT2D eigenvalue weighted by Gasteiger charge is -2.37. The predicted molar refractivity (Wildman–Crippen MR) is 246 cm³/mol. The van der Waals surface area contributed by atoms with Crippen molar-refractivity contribution in [1.82, 2.24) is 35.5 Å². The number of aromatic nitrogens is 4. The molecule has 7 rings (SSSR count). The van der Waals surface area contributed by atoms with Gasteiger partial charge >= 0.3 is 0 Å². The van der Waals surface area contributed by atoms with E-state index >= 15 is 0 Å². The van der Waals surface area contributed by atoms with Gasteiger partial charge in [0.2, 0.25) is 17.7 Å². The first kappa shape index (κ1) is 48.3. The number of β-amino-alcohol motifs (C(OH)–C–C–N with tert-alkyl or cyclic N) is 1. The molecule has 3 fully saturated rings. The van der Waals surface area contributed by atoms with Gasteiger partial charge in [-0.15, -0.1) is 16.4 Å². The molecule has 15 nitrogen and oxygen atoms in total. The van der Waals surface area contributed by atoms with Gasteiger partial charge in [-0.2, -0.15) is 0 Å². The highest BCUT2D eigenvalue weighted by atomic mass is 32.1. The second kappa shape index (κ2) is 18.9. The van der Waals surface area contributed by atoms with Crippen LogP contribution in [0.2, 0.25) is 0 Å². The van der Waals surface area contributed by atoms with Crippen LogP contribution in [0.1, 0.15) is 104 Å². The largest absolute Gasteiger partial charge is 0.392 e. The molecule has 3 aromatic rings. The van der Waals surface area contributed by atoms with Gasteiger partial charge in [0.05, 0.1) is 53.1 Å². The highest BCUT2D eigenvalue weighted by molar-refractivity contribution is 7.13. The van der Waals surface area contributed by atoms with Crippen molar-refractivity contribution in [2.45, 2.75) is 150 Å².